The van der Waals surface area contributed by atoms with E-state index in [0.717, 1.165) is 31.6 Å². The number of morpholine rings is 1. The van der Waals surface area contributed by atoms with Crippen LogP contribution in [0.25, 0.3) is 0 Å². The highest BCUT2D eigenvalue weighted by Crippen LogP contribution is 2.25. The maximum Gasteiger partial charge on any atom is 0.158 e. The van der Waals surface area contributed by atoms with Gasteiger partial charge < -0.3 is 10.1 Å². The Morgan fingerprint density at radius 1 is 1.27 bits per heavy atom. The first-order valence-corrected chi connectivity index (χ1v) is 5.67. The molecule has 0 saturated carbocycles. The van der Waals surface area contributed by atoms with Crippen molar-refractivity contribution in [2.45, 2.75) is 38.8 Å². The molecule has 0 aromatic carbocycles. The Balaban J connectivity index is 1.99. The fourth-order valence-corrected chi connectivity index (χ4v) is 2.47. The van der Waals surface area contributed by atoms with Crippen molar-refractivity contribution in [2.75, 3.05) is 13.2 Å². The summed E-state index contributed by atoms with van der Waals surface area (Å²) >= 11 is 0. The van der Waals surface area contributed by atoms with Crippen LogP contribution in [0.2, 0.25) is 0 Å². The molecule has 15 heavy (non-hydrogen) atoms. The van der Waals surface area contributed by atoms with E-state index in [9.17, 15) is 4.79 Å². The van der Waals surface area contributed by atoms with E-state index in [0.29, 0.717) is 17.9 Å². The maximum atomic E-state index is 11.9. The summed E-state index contributed by atoms with van der Waals surface area (Å²) in [6.07, 6.45) is 3.64. The lowest BCUT2D eigenvalue weighted by atomic mass is 9.84. The molecule has 3 nitrogen and oxygen atoms in total. The standard InChI is InChI=1S/C12H19NO2/c1-8(2)3-12(14)9-4-10-6-15-7-11(5-9)13-10/h3,9-11,13H,4-7H2,1-2H3. The molecule has 2 rings (SSSR count). The third kappa shape index (κ3) is 2.67. The number of fused-ring (bicyclic) bond motifs is 2. The fraction of sp³-hybridized carbons (Fsp3) is 0.750. The fourth-order valence-electron chi connectivity index (χ4n) is 2.47. The number of ether oxygens (including phenoxy) is 1. The topological polar surface area (TPSA) is 38.3 Å². The predicted molar refractivity (Wildman–Crippen MR) is 58.7 cm³/mol. The van der Waals surface area contributed by atoms with Gasteiger partial charge in [-0.15, -0.1) is 0 Å². The maximum absolute atomic E-state index is 11.9. The summed E-state index contributed by atoms with van der Waals surface area (Å²) in [7, 11) is 0. The molecular formula is C12H19NO2. The zero-order valence-corrected chi connectivity index (χ0v) is 9.45. The van der Waals surface area contributed by atoms with Crippen LogP contribution in [0.4, 0.5) is 0 Å². The highest BCUT2D eigenvalue weighted by Gasteiger charge is 2.34. The second-order valence-electron chi connectivity index (χ2n) is 4.89. The van der Waals surface area contributed by atoms with Crippen LogP contribution in [0.3, 0.4) is 0 Å². The Labute approximate surface area is 90.9 Å². The van der Waals surface area contributed by atoms with Gasteiger partial charge in [0.1, 0.15) is 0 Å². The monoisotopic (exact) mass is 209 g/mol. The molecule has 0 amide bonds. The van der Waals surface area contributed by atoms with Crippen molar-refractivity contribution in [3.05, 3.63) is 11.6 Å². The Morgan fingerprint density at radius 2 is 1.87 bits per heavy atom. The molecule has 3 heteroatoms. The normalized spacial score (nSPS) is 34.7. The number of nitrogens with one attached hydrogen (secondary N) is 1. The minimum atomic E-state index is 0.208. The third-order valence-corrected chi connectivity index (χ3v) is 3.08. The number of allylic oxidation sites excluding steroid dienone is 2. The van der Waals surface area contributed by atoms with Gasteiger partial charge in [0.05, 0.1) is 13.2 Å². The molecule has 2 aliphatic heterocycles. The number of ketones is 1. The summed E-state index contributed by atoms with van der Waals surface area (Å²) in [5.41, 5.74) is 1.10. The molecule has 0 aromatic heterocycles. The molecule has 84 valence electrons. The van der Waals surface area contributed by atoms with E-state index in [4.69, 9.17) is 4.74 Å². The quantitative estimate of drug-likeness (QED) is 0.696. The van der Waals surface area contributed by atoms with Crippen molar-refractivity contribution in [3.8, 4) is 0 Å². The van der Waals surface area contributed by atoms with Gasteiger partial charge in [0.2, 0.25) is 0 Å². The van der Waals surface area contributed by atoms with Crippen LogP contribution in [-0.4, -0.2) is 31.1 Å². The molecule has 2 bridgehead atoms. The zero-order chi connectivity index (χ0) is 10.8. The lowest BCUT2D eigenvalue weighted by molar-refractivity contribution is -0.121. The Bertz CT molecular complexity index is 269. The van der Waals surface area contributed by atoms with Crippen molar-refractivity contribution in [2.24, 2.45) is 5.92 Å². The largest absolute Gasteiger partial charge is 0.378 e. The Hall–Kier alpha value is -0.670. The van der Waals surface area contributed by atoms with Gasteiger partial charge in [0.15, 0.2) is 5.78 Å². The number of hydrogen-bond acceptors (Lipinski definition) is 3. The van der Waals surface area contributed by atoms with Gasteiger partial charge in [0.25, 0.3) is 0 Å². The van der Waals surface area contributed by atoms with E-state index >= 15 is 0 Å². The number of carbonyl (C=O) groups excluding carboxylic acids is 1. The van der Waals surface area contributed by atoms with E-state index in [1.165, 1.54) is 0 Å². The molecule has 0 aliphatic carbocycles. The van der Waals surface area contributed by atoms with Crippen LogP contribution in [0.15, 0.2) is 11.6 Å². The van der Waals surface area contributed by atoms with Gasteiger partial charge in [-0.05, 0) is 32.8 Å². The van der Waals surface area contributed by atoms with Crippen molar-refractivity contribution in [1.29, 1.82) is 0 Å². The van der Waals surface area contributed by atoms with E-state index < -0.39 is 0 Å². The van der Waals surface area contributed by atoms with Crippen LogP contribution in [0.5, 0.6) is 0 Å². The second kappa shape index (κ2) is 4.45. The van der Waals surface area contributed by atoms with Crippen molar-refractivity contribution < 1.29 is 9.53 Å². The van der Waals surface area contributed by atoms with Gasteiger partial charge >= 0.3 is 0 Å². The van der Waals surface area contributed by atoms with Crippen LogP contribution in [-0.2, 0) is 9.53 Å². The summed E-state index contributed by atoms with van der Waals surface area (Å²) in [5, 5.41) is 3.49. The molecular weight excluding hydrogens is 190 g/mol. The molecule has 0 radical (unpaired) electrons. The minimum Gasteiger partial charge on any atom is -0.378 e. The molecule has 2 aliphatic rings. The minimum absolute atomic E-state index is 0.208. The first-order valence-electron chi connectivity index (χ1n) is 5.67. The van der Waals surface area contributed by atoms with Crippen molar-refractivity contribution in [1.82, 2.24) is 5.32 Å². The predicted octanol–water partition coefficient (Wildman–Crippen LogP) is 1.29. The lowest BCUT2D eigenvalue weighted by Gasteiger charge is -2.39. The Morgan fingerprint density at radius 3 is 2.40 bits per heavy atom. The van der Waals surface area contributed by atoms with E-state index in [2.05, 4.69) is 5.32 Å². The van der Waals surface area contributed by atoms with E-state index in [1.54, 1.807) is 6.08 Å². The number of piperidine rings is 1. The molecule has 2 atom stereocenters. The molecule has 2 saturated heterocycles. The third-order valence-electron chi connectivity index (χ3n) is 3.08. The number of rotatable bonds is 2. The molecule has 2 fully saturated rings. The van der Waals surface area contributed by atoms with Gasteiger partial charge in [-0.25, -0.2) is 0 Å². The molecule has 0 spiro atoms. The first kappa shape index (κ1) is 10.8. The first-order chi connectivity index (χ1) is 7.15. The summed E-state index contributed by atoms with van der Waals surface area (Å²) in [4.78, 5) is 11.9. The van der Waals surface area contributed by atoms with Crippen LogP contribution < -0.4 is 5.32 Å². The van der Waals surface area contributed by atoms with E-state index in [-0.39, 0.29) is 5.92 Å². The van der Waals surface area contributed by atoms with Gasteiger partial charge in [-0.1, -0.05) is 5.57 Å². The zero-order valence-electron chi connectivity index (χ0n) is 9.45. The summed E-state index contributed by atoms with van der Waals surface area (Å²) in [6.45, 7) is 5.47. The highest BCUT2D eigenvalue weighted by molar-refractivity contribution is 5.92. The van der Waals surface area contributed by atoms with Crippen molar-refractivity contribution >= 4 is 5.78 Å². The molecule has 1 N–H and O–H groups in total. The SMILES string of the molecule is CC(C)=CC(=O)C1CC2COCC(C1)N2. The molecule has 2 heterocycles. The highest BCUT2D eigenvalue weighted by atomic mass is 16.5. The summed E-state index contributed by atoms with van der Waals surface area (Å²) < 4.78 is 5.46. The van der Waals surface area contributed by atoms with Crippen molar-refractivity contribution in [3.63, 3.8) is 0 Å². The van der Waals surface area contributed by atoms with Gasteiger partial charge in [-0.3, -0.25) is 4.79 Å². The van der Waals surface area contributed by atoms with Gasteiger partial charge in [-0.2, -0.15) is 0 Å². The van der Waals surface area contributed by atoms with Crippen LogP contribution in [0, 0.1) is 5.92 Å². The smallest absolute Gasteiger partial charge is 0.158 e. The van der Waals surface area contributed by atoms with Gasteiger partial charge in [0, 0.05) is 18.0 Å². The average molecular weight is 209 g/mol. The number of hydrogen-bond donors (Lipinski definition) is 1. The second-order valence-corrected chi connectivity index (χ2v) is 4.89. The Kier molecular flexibility index (Phi) is 3.22. The number of carbonyl (C=O) groups is 1. The lowest BCUT2D eigenvalue weighted by Crippen LogP contribution is -2.55. The van der Waals surface area contributed by atoms with Crippen LogP contribution >= 0.6 is 0 Å². The molecule has 2 unspecified atom stereocenters. The van der Waals surface area contributed by atoms with E-state index in [1.807, 2.05) is 13.8 Å². The molecule has 0 aromatic rings. The van der Waals surface area contributed by atoms with Crippen LogP contribution in [0.1, 0.15) is 26.7 Å². The average Bonchev–Trinajstić information content (AvgIpc) is 2.16. The summed E-state index contributed by atoms with van der Waals surface area (Å²) in [6, 6.07) is 0.772. The summed E-state index contributed by atoms with van der Waals surface area (Å²) in [5.74, 6) is 0.508.